The molecule has 0 aliphatic rings. The molecule has 0 saturated heterocycles. The zero-order valence-corrected chi connectivity index (χ0v) is 11.6. The van der Waals surface area contributed by atoms with Crippen LogP contribution in [0.2, 0.25) is 5.02 Å². The van der Waals surface area contributed by atoms with Crippen LogP contribution >= 0.6 is 11.6 Å². The Kier molecular flexibility index (Phi) is 5.34. The molecule has 2 atom stereocenters. The molecule has 0 nitrogen and oxygen atoms in total. The van der Waals surface area contributed by atoms with Crippen molar-refractivity contribution in [1.29, 1.82) is 0 Å². The number of hydrogen-bond donors (Lipinski definition) is 0. The Labute approximate surface area is 105 Å². The van der Waals surface area contributed by atoms with E-state index in [2.05, 4.69) is 39.8 Å². The molecular formula is C15H23Cl. The zero-order chi connectivity index (χ0) is 12.1. The SMILES string of the molecule is CCC(C)C(Cc1ccccc1Cl)C(C)C. The topological polar surface area (TPSA) is 0 Å². The van der Waals surface area contributed by atoms with E-state index in [1.54, 1.807) is 0 Å². The molecule has 1 rings (SSSR count). The fourth-order valence-electron chi connectivity index (χ4n) is 2.31. The average Bonchev–Trinajstić information content (AvgIpc) is 2.26. The number of rotatable bonds is 5. The lowest BCUT2D eigenvalue weighted by Crippen LogP contribution is -2.20. The van der Waals surface area contributed by atoms with Crippen LogP contribution in [0.1, 0.15) is 39.7 Å². The van der Waals surface area contributed by atoms with E-state index in [9.17, 15) is 0 Å². The molecule has 0 N–H and O–H groups in total. The number of halogens is 1. The fraction of sp³-hybridized carbons (Fsp3) is 0.600. The molecule has 0 radical (unpaired) electrons. The van der Waals surface area contributed by atoms with Gasteiger partial charge in [-0.25, -0.2) is 0 Å². The minimum atomic E-state index is 0.714. The second-order valence-corrected chi connectivity index (χ2v) is 5.50. The lowest BCUT2D eigenvalue weighted by molar-refractivity contribution is 0.262. The van der Waals surface area contributed by atoms with Crippen LogP contribution in [0.25, 0.3) is 0 Å². The van der Waals surface area contributed by atoms with Crippen molar-refractivity contribution in [2.45, 2.75) is 40.5 Å². The Morgan fingerprint density at radius 2 is 1.75 bits per heavy atom. The predicted molar refractivity (Wildman–Crippen MR) is 72.9 cm³/mol. The standard InChI is InChI=1S/C15H23Cl/c1-5-12(4)14(11(2)3)10-13-8-6-7-9-15(13)16/h6-9,11-12,14H,5,10H2,1-4H3. The summed E-state index contributed by atoms with van der Waals surface area (Å²) in [5, 5.41) is 0.913. The van der Waals surface area contributed by atoms with Crippen LogP contribution in [0.3, 0.4) is 0 Å². The van der Waals surface area contributed by atoms with E-state index in [1.807, 2.05) is 12.1 Å². The monoisotopic (exact) mass is 238 g/mol. The molecule has 0 bridgehead atoms. The first-order valence-electron chi connectivity index (χ1n) is 6.29. The summed E-state index contributed by atoms with van der Waals surface area (Å²) in [6, 6.07) is 8.22. The summed E-state index contributed by atoms with van der Waals surface area (Å²) in [4.78, 5) is 0. The fourth-order valence-corrected chi connectivity index (χ4v) is 2.53. The van der Waals surface area contributed by atoms with E-state index in [-0.39, 0.29) is 0 Å². The van der Waals surface area contributed by atoms with Crippen LogP contribution in [0, 0.1) is 17.8 Å². The van der Waals surface area contributed by atoms with Crippen LogP contribution in [0.15, 0.2) is 24.3 Å². The van der Waals surface area contributed by atoms with Crippen LogP contribution in [0.4, 0.5) is 0 Å². The molecule has 0 amide bonds. The van der Waals surface area contributed by atoms with Crippen molar-refractivity contribution in [3.05, 3.63) is 34.9 Å². The van der Waals surface area contributed by atoms with Gasteiger partial charge in [0.15, 0.2) is 0 Å². The third-order valence-electron chi connectivity index (χ3n) is 3.64. The molecule has 0 spiro atoms. The van der Waals surface area contributed by atoms with Crippen LogP contribution < -0.4 is 0 Å². The smallest absolute Gasteiger partial charge is 0.0438 e. The van der Waals surface area contributed by atoms with Crippen molar-refractivity contribution in [2.75, 3.05) is 0 Å². The van der Waals surface area contributed by atoms with Crippen LogP contribution in [0.5, 0.6) is 0 Å². The molecule has 0 saturated carbocycles. The molecule has 0 aliphatic carbocycles. The summed E-state index contributed by atoms with van der Waals surface area (Å²) in [6.07, 6.45) is 2.35. The lowest BCUT2D eigenvalue weighted by atomic mass is 9.79. The second-order valence-electron chi connectivity index (χ2n) is 5.09. The Morgan fingerprint density at radius 3 is 2.25 bits per heavy atom. The summed E-state index contributed by atoms with van der Waals surface area (Å²) in [7, 11) is 0. The normalized spacial score (nSPS) is 15.1. The maximum Gasteiger partial charge on any atom is 0.0438 e. The Hall–Kier alpha value is -0.490. The van der Waals surface area contributed by atoms with E-state index in [0.29, 0.717) is 5.92 Å². The second kappa shape index (κ2) is 6.30. The minimum Gasteiger partial charge on any atom is -0.0840 e. The molecule has 90 valence electrons. The Bertz CT molecular complexity index is 317. The van der Waals surface area contributed by atoms with Gasteiger partial charge in [0.25, 0.3) is 0 Å². The predicted octanol–water partition coefficient (Wildman–Crippen LogP) is 5.20. The van der Waals surface area contributed by atoms with Crippen molar-refractivity contribution < 1.29 is 0 Å². The highest BCUT2D eigenvalue weighted by Gasteiger charge is 2.20. The Balaban J connectivity index is 2.80. The first kappa shape index (κ1) is 13.6. The van der Waals surface area contributed by atoms with Gasteiger partial charge in [-0.15, -0.1) is 0 Å². The highest BCUT2D eigenvalue weighted by Crippen LogP contribution is 2.29. The molecule has 1 heteroatoms. The molecule has 0 heterocycles. The molecule has 0 aliphatic heterocycles. The van der Waals surface area contributed by atoms with E-state index in [0.717, 1.165) is 23.3 Å². The lowest BCUT2D eigenvalue weighted by Gasteiger charge is -2.27. The van der Waals surface area contributed by atoms with Gasteiger partial charge in [-0.3, -0.25) is 0 Å². The van der Waals surface area contributed by atoms with E-state index < -0.39 is 0 Å². The molecule has 2 unspecified atom stereocenters. The van der Waals surface area contributed by atoms with Crippen LogP contribution in [-0.2, 0) is 6.42 Å². The number of benzene rings is 1. The maximum absolute atomic E-state index is 6.22. The van der Waals surface area contributed by atoms with Gasteiger partial charge in [-0.2, -0.15) is 0 Å². The summed E-state index contributed by atoms with van der Waals surface area (Å²) in [5.41, 5.74) is 1.29. The van der Waals surface area contributed by atoms with Crippen molar-refractivity contribution in [1.82, 2.24) is 0 Å². The Morgan fingerprint density at radius 1 is 1.12 bits per heavy atom. The van der Waals surface area contributed by atoms with Crippen molar-refractivity contribution in [3.63, 3.8) is 0 Å². The first-order chi connectivity index (χ1) is 7.56. The minimum absolute atomic E-state index is 0.714. The highest BCUT2D eigenvalue weighted by molar-refractivity contribution is 6.31. The highest BCUT2D eigenvalue weighted by atomic mass is 35.5. The van der Waals surface area contributed by atoms with E-state index >= 15 is 0 Å². The van der Waals surface area contributed by atoms with Gasteiger partial charge in [-0.05, 0) is 35.8 Å². The van der Waals surface area contributed by atoms with Gasteiger partial charge in [-0.1, -0.05) is 63.9 Å². The molecule has 0 fully saturated rings. The largest absolute Gasteiger partial charge is 0.0840 e. The third kappa shape index (κ3) is 3.52. The molecule has 1 aromatic carbocycles. The van der Waals surface area contributed by atoms with Gasteiger partial charge in [0, 0.05) is 5.02 Å². The van der Waals surface area contributed by atoms with Gasteiger partial charge in [0.05, 0.1) is 0 Å². The first-order valence-corrected chi connectivity index (χ1v) is 6.67. The van der Waals surface area contributed by atoms with Crippen molar-refractivity contribution >= 4 is 11.6 Å². The summed E-state index contributed by atoms with van der Waals surface area (Å²) >= 11 is 6.22. The number of hydrogen-bond acceptors (Lipinski definition) is 0. The molecule has 1 aromatic rings. The quantitative estimate of drug-likeness (QED) is 0.661. The van der Waals surface area contributed by atoms with Gasteiger partial charge < -0.3 is 0 Å². The van der Waals surface area contributed by atoms with Crippen molar-refractivity contribution in [3.8, 4) is 0 Å². The average molecular weight is 239 g/mol. The third-order valence-corrected chi connectivity index (χ3v) is 4.01. The van der Waals surface area contributed by atoms with Crippen molar-refractivity contribution in [2.24, 2.45) is 17.8 Å². The van der Waals surface area contributed by atoms with E-state index in [1.165, 1.54) is 12.0 Å². The van der Waals surface area contributed by atoms with Gasteiger partial charge >= 0.3 is 0 Å². The van der Waals surface area contributed by atoms with Gasteiger partial charge in [0.1, 0.15) is 0 Å². The summed E-state index contributed by atoms with van der Waals surface area (Å²) in [5.74, 6) is 2.20. The maximum atomic E-state index is 6.22. The van der Waals surface area contributed by atoms with Crippen LogP contribution in [-0.4, -0.2) is 0 Å². The molecule has 16 heavy (non-hydrogen) atoms. The summed E-state index contributed by atoms with van der Waals surface area (Å²) < 4.78 is 0. The van der Waals surface area contributed by atoms with Gasteiger partial charge in [0.2, 0.25) is 0 Å². The van der Waals surface area contributed by atoms with E-state index in [4.69, 9.17) is 11.6 Å². The zero-order valence-electron chi connectivity index (χ0n) is 10.8. The molecule has 0 aromatic heterocycles. The molecular weight excluding hydrogens is 216 g/mol. The summed E-state index contributed by atoms with van der Waals surface area (Å²) in [6.45, 7) is 9.25.